The predicted molar refractivity (Wildman–Crippen MR) is 96.7 cm³/mol. The molecule has 0 amide bonds. The molecule has 31 heavy (non-hydrogen) atoms. The second-order valence-electron chi connectivity index (χ2n) is 5.64. The molecule has 2 aromatic rings. The van der Waals surface area contributed by atoms with E-state index in [0.29, 0.717) is 0 Å². The molecule has 0 unspecified atom stereocenters. The minimum atomic E-state index is -1.69. The van der Waals surface area contributed by atoms with Crippen LogP contribution in [-0.2, 0) is 32.6 Å². The van der Waals surface area contributed by atoms with Gasteiger partial charge in [-0.1, -0.05) is 18.2 Å². The van der Waals surface area contributed by atoms with Crippen molar-refractivity contribution in [2.75, 3.05) is 6.79 Å². The van der Waals surface area contributed by atoms with E-state index in [1.807, 2.05) is 0 Å². The standard InChI is InChI=1S/C17H14N2O12/c20-16(21)15-11(4-2-6-14(15)19(25)26)17(22)28-9-31-30-7-10-3-1-5-13(18(23)24)12(10)8-29-27/h1-6,27H,7-9H2,(H,20,21). The second kappa shape index (κ2) is 10.7. The minimum Gasteiger partial charge on any atom is -0.477 e. The van der Waals surface area contributed by atoms with Gasteiger partial charge in [-0.05, 0) is 11.6 Å². The fourth-order valence-corrected chi connectivity index (χ4v) is 2.54. The first-order valence-electron chi connectivity index (χ1n) is 8.21. The number of nitro benzene ring substituents is 2. The molecule has 0 radical (unpaired) electrons. The molecule has 2 rings (SSSR count). The van der Waals surface area contributed by atoms with E-state index in [1.54, 1.807) is 0 Å². The maximum atomic E-state index is 12.1. The molecule has 0 aliphatic heterocycles. The van der Waals surface area contributed by atoms with Gasteiger partial charge >= 0.3 is 11.9 Å². The van der Waals surface area contributed by atoms with Crippen molar-refractivity contribution in [2.45, 2.75) is 13.2 Å². The average Bonchev–Trinajstić information content (AvgIpc) is 2.73. The highest BCUT2D eigenvalue weighted by Crippen LogP contribution is 2.25. The molecule has 14 nitrogen and oxygen atoms in total. The third-order valence-electron chi connectivity index (χ3n) is 3.86. The van der Waals surface area contributed by atoms with Crippen LogP contribution in [0.2, 0.25) is 0 Å². The Morgan fingerprint density at radius 2 is 1.58 bits per heavy atom. The molecule has 0 fully saturated rings. The second-order valence-corrected chi connectivity index (χ2v) is 5.64. The summed E-state index contributed by atoms with van der Waals surface area (Å²) in [5.74, 6) is -2.91. The minimum absolute atomic E-state index is 0.0262. The van der Waals surface area contributed by atoms with Crippen molar-refractivity contribution < 1.29 is 49.2 Å². The maximum absolute atomic E-state index is 12.1. The molecule has 0 saturated heterocycles. The Morgan fingerprint density at radius 3 is 2.19 bits per heavy atom. The van der Waals surface area contributed by atoms with Gasteiger partial charge in [0, 0.05) is 12.1 Å². The molecule has 0 heterocycles. The lowest BCUT2D eigenvalue weighted by molar-refractivity contribution is -0.387. The molecule has 2 aromatic carbocycles. The summed E-state index contributed by atoms with van der Waals surface area (Å²) in [4.78, 5) is 57.1. The highest BCUT2D eigenvalue weighted by atomic mass is 17.2. The van der Waals surface area contributed by atoms with Gasteiger partial charge < -0.3 is 9.84 Å². The Labute approximate surface area is 172 Å². The van der Waals surface area contributed by atoms with Gasteiger partial charge in [-0.3, -0.25) is 25.5 Å². The number of carboxylic acid groups (broad SMARTS) is 1. The van der Waals surface area contributed by atoms with Gasteiger partial charge in [-0.25, -0.2) is 19.4 Å². The Balaban J connectivity index is 1.99. The van der Waals surface area contributed by atoms with E-state index >= 15 is 0 Å². The molecular formula is C17H14N2O12. The summed E-state index contributed by atoms with van der Waals surface area (Å²) in [5, 5.41) is 39.8. The summed E-state index contributed by atoms with van der Waals surface area (Å²) in [6.45, 7) is -1.66. The Kier molecular flexibility index (Phi) is 8.04. The summed E-state index contributed by atoms with van der Waals surface area (Å²) in [5.41, 5.74) is -2.26. The van der Waals surface area contributed by atoms with Gasteiger partial charge in [-0.15, -0.1) is 0 Å². The van der Waals surface area contributed by atoms with Gasteiger partial charge in [-0.2, -0.15) is 4.89 Å². The van der Waals surface area contributed by atoms with Crippen LogP contribution >= 0.6 is 0 Å². The van der Waals surface area contributed by atoms with E-state index in [1.165, 1.54) is 18.2 Å². The Hall–Kier alpha value is -3.98. The maximum Gasteiger partial charge on any atom is 0.343 e. The molecule has 2 N–H and O–H groups in total. The summed E-state index contributed by atoms with van der Waals surface area (Å²) in [6, 6.07) is 7.08. The van der Waals surface area contributed by atoms with E-state index in [0.717, 1.165) is 18.2 Å². The number of hydrogen-bond donors (Lipinski definition) is 2. The smallest absolute Gasteiger partial charge is 0.343 e. The van der Waals surface area contributed by atoms with Crippen LogP contribution in [-0.4, -0.2) is 38.9 Å². The number of carbonyl (C=O) groups excluding carboxylic acids is 1. The number of nitro groups is 2. The highest BCUT2D eigenvalue weighted by molar-refractivity contribution is 6.05. The lowest BCUT2D eigenvalue weighted by Crippen LogP contribution is -2.15. The first-order valence-corrected chi connectivity index (χ1v) is 8.21. The number of carboxylic acids is 1. The van der Waals surface area contributed by atoms with Crippen LogP contribution in [0.15, 0.2) is 36.4 Å². The Morgan fingerprint density at radius 1 is 0.935 bits per heavy atom. The van der Waals surface area contributed by atoms with Gasteiger partial charge in [0.15, 0.2) is 5.56 Å². The Bertz CT molecular complexity index is 1010. The zero-order chi connectivity index (χ0) is 23.0. The van der Waals surface area contributed by atoms with Crippen LogP contribution in [0.25, 0.3) is 0 Å². The molecule has 0 bridgehead atoms. The third kappa shape index (κ3) is 5.77. The lowest BCUT2D eigenvalue weighted by Gasteiger charge is -2.10. The quantitative estimate of drug-likeness (QED) is 0.130. The van der Waals surface area contributed by atoms with Crippen molar-refractivity contribution in [2.24, 2.45) is 0 Å². The summed E-state index contributed by atoms with van der Waals surface area (Å²) in [6.07, 6.45) is 0. The number of esters is 1. The number of benzene rings is 2. The van der Waals surface area contributed by atoms with Gasteiger partial charge in [0.2, 0.25) is 6.79 Å². The van der Waals surface area contributed by atoms with Gasteiger partial charge in [0.1, 0.15) is 13.2 Å². The fraction of sp³-hybridized carbons (Fsp3) is 0.176. The zero-order valence-corrected chi connectivity index (χ0v) is 15.5. The average molecular weight is 438 g/mol. The molecule has 164 valence electrons. The molecular weight excluding hydrogens is 424 g/mol. The zero-order valence-electron chi connectivity index (χ0n) is 15.5. The number of carbonyl (C=O) groups is 2. The van der Waals surface area contributed by atoms with E-state index in [-0.39, 0.29) is 23.4 Å². The van der Waals surface area contributed by atoms with Gasteiger partial charge in [0.25, 0.3) is 11.4 Å². The van der Waals surface area contributed by atoms with Crippen molar-refractivity contribution in [1.29, 1.82) is 0 Å². The van der Waals surface area contributed by atoms with Crippen molar-refractivity contribution in [3.63, 3.8) is 0 Å². The van der Waals surface area contributed by atoms with Crippen molar-refractivity contribution in [1.82, 2.24) is 0 Å². The van der Waals surface area contributed by atoms with Crippen LogP contribution in [0.1, 0.15) is 31.8 Å². The van der Waals surface area contributed by atoms with Crippen LogP contribution in [0.3, 0.4) is 0 Å². The van der Waals surface area contributed by atoms with Crippen molar-refractivity contribution in [3.05, 3.63) is 78.9 Å². The predicted octanol–water partition coefficient (Wildman–Crippen LogP) is 2.45. The van der Waals surface area contributed by atoms with Crippen LogP contribution in [0.5, 0.6) is 0 Å². The summed E-state index contributed by atoms with van der Waals surface area (Å²) < 4.78 is 4.69. The number of aromatic carboxylic acids is 1. The van der Waals surface area contributed by atoms with Crippen LogP contribution in [0.4, 0.5) is 11.4 Å². The fourth-order valence-electron chi connectivity index (χ4n) is 2.54. The first kappa shape index (κ1) is 23.3. The number of ether oxygens (including phenoxy) is 1. The third-order valence-corrected chi connectivity index (χ3v) is 3.86. The molecule has 14 heteroatoms. The van der Waals surface area contributed by atoms with Crippen LogP contribution < -0.4 is 0 Å². The van der Waals surface area contributed by atoms with Crippen molar-refractivity contribution >= 4 is 23.3 Å². The topological polar surface area (TPSA) is 198 Å². The molecule has 0 aliphatic rings. The number of nitrogens with zero attached hydrogens (tertiary/aromatic N) is 2. The number of rotatable bonds is 11. The van der Waals surface area contributed by atoms with Crippen molar-refractivity contribution in [3.8, 4) is 0 Å². The molecule has 0 saturated carbocycles. The van der Waals surface area contributed by atoms with Crippen LogP contribution in [0, 0.1) is 20.2 Å². The van der Waals surface area contributed by atoms with E-state index in [4.69, 9.17) is 15.3 Å². The summed E-state index contributed by atoms with van der Waals surface area (Å²) in [7, 11) is 0. The molecule has 0 aromatic heterocycles. The molecule has 0 spiro atoms. The van der Waals surface area contributed by atoms with E-state index in [2.05, 4.69) is 14.5 Å². The normalized spacial score (nSPS) is 10.5. The van der Waals surface area contributed by atoms with Gasteiger partial charge in [0.05, 0.1) is 21.0 Å². The lowest BCUT2D eigenvalue weighted by atomic mass is 10.1. The SMILES string of the molecule is O=C(OCOOCc1cccc([N+](=O)[O-])c1COO)c1cccc([N+](=O)[O-])c1C(=O)O. The van der Waals surface area contributed by atoms with E-state index < -0.39 is 52.0 Å². The van der Waals surface area contributed by atoms with E-state index in [9.17, 15) is 29.8 Å². The first-order chi connectivity index (χ1) is 14.8. The molecule has 0 atom stereocenters. The summed E-state index contributed by atoms with van der Waals surface area (Å²) >= 11 is 0. The molecule has 0 aliphatic carbocycles. The number of hydrogen-bond acceptors (Lipinski definition) is 11. The largest absolute Gasteiger partial charge is 0.477 e. The highest BCUT2D eigenvalue weighted by Gasteiger charge is 2.27. The monoisotopic (exact) mass is 438 g/mol.